The van der Waals surface area contributed by atoms with E-state index in [1.165, 1.54) is 6.26 Å². The zero-order valence-corrected chi connectivity index (χ0v) is 19.1. The summed E-state index contributed by atoms with van der Waals surface area (Å²) in [5, 5.41) is 6.70. The summed E-state index contributed by atoms with van der Waals surface area (Å²) in [6.45, 7) is 1.68. The predicted molar refractivity (Wildman–Crippen MR) is 123 cm³/mol. The molecule has 0 radical (unpaired) electrons. The second-order valence-electron chi connectivity index (χ2n) is 8.03. The van der Waals surface area contributed by atoms with Gasteiger partial charge in [-0.1, -0.05) is 30.3 Å². The lowest BCUT2D eigenvalue weighted by molar-refractivity contribution is 0.329. The van der Waals surface area contributed by atoms with Crippen LogP contribution in [0.4, 0.5) is 5.82 Å². The van der Waals surface area contributed by atoms with Crippen LogP contribution in [0.25, 0.3) is 21.3 Å². The van der Waals surface area contributed by atoms with Gasteiger partial charge in [0.15, 0.2) is 0 Å². The third-order valence-corrected chi connectivity index (χ3v) is 7.36. The van der Waals surface area contributed by atoms with E-state index in [9.17, 15) is 8.42 Å². The average molecular weight is 446 g/mol. The van der Waals surface area contributed by atoms with Crippen LogP contribution in [0.1, 0.15) is 18.7 Å². The Labute approximate surface area is 181 Å². The topological polar surface area (TPSA) is 78.4 Å². The number of anilines is 1. The van der Waals surface area contributed by atoms with Crippen LogP contribution in [0.5, 0.6) is 0 Å². The summed E-state index contributed by atoms with van der Waals surface area (Å²) in [5.74, 6) is 1.55. The number of thiophene rings is 1. The number of aromatic nitrogens is 2. The van der Waals surface area contributed by atoms with Crippen LogP contribution in [0.3, 0.4) is 0 Å². The highest BCUT2D eigenvalue weighted by atomic mass is 32.2. The summed E-state index contributed by atoms with van der Waals surface area (Å²) in [7, 11) is 0.789. The number of hydrogen-bond acceptors (Lipinski definition) is 7. The van der Waals surface area contributed by atoms with E-state index in [1.54, 1.807) is 15.6 Å². The lowest BCUT2D eigenvalue weighted by Gasteiger charge is -2.32. The van der Waals surface area contributed by atoms with Crippen molar-refractivity contribution in [2.75, 3.05) is 38.8 Å². The zero-order valence-electron chi connectivity index (χ0n) is 17.5. The Kier molecular flexibility index (Phi) is 6.06. The van der Waals surface area contributed by atoms with E-state index in [-0.39, 0.29) is 6.04 Å². The molecule has 1 N–H and O–H groups in total. The highest BCUT2D eigenvalue weighted by Crippen LogP contribution is 2.37. The smallest absolute Gasteiger partial charge is 0.211 e. The third-order valence-electron chi connectivity index (χ3n) is 5.22. The number of hydrogen-bond donors (Lipinski definition) is 1. The average Bonchev–Trinajstić information content (AvgIpc) is 3.12. The van der Waals surface area contributed by atoms with Gasteiger partial charge >= 0.3 is 0 Å². The Morgan fingerprint density at radius 1 is 1.23 bits per heavy atom. The molecule has 1 atom stereocenters. The van der Waals surface area contributed by atoms with Gasteiger partial charge in [-0.15, -0.1) is 11.3 Å². The molecule has 0 amide bonds. The minimum atomic E-state index is -3.20. The van der Waals surface area contributed by atoms with Gasteiger partial charge in [0.2, 0.25) is 10.0 Å². The van der Waals surface area contributed by atoms with Gasteiger partial charge in [0, 0.05) is 30.1 Å². The highest BCUT2D eigenvalue weighted by molar-refractivity contribution is 7.88. The Morgan fingerprint density at radius 2 is 2.00 bits per heavy atom. The lowest BCUT2D eigenvalue weighted by Crippen LogP contribution is -2.44. The van der Waals surface area contributed by atoms with Crippen molar-refractivity contribution in [3.8, 4) is 11.1 Å². The first-order chi connectivity index (χ1) is 14.3. The maximum absolute atomic E-state index is 12.0. The SMILES string of the molecule is CN(C)Cc1nc(NC2CCCN(S(C)(=O)=O)C2)c2c(-c3ccccc3)csc2n1. The first-order valence-electron chi connectivity index (χ1n) is 10.0. The normalized spacial score (nSPS) is 18.2. The molecule has 4 rings (SSSR count). The molecule has 30 heavy (non-hydrogen) atoms. The zero-order chi connectivity index (χ0) is 21.3. The van der Waals surface area contributed by atoms with Crippen LogP contribution < -0.4 is 5.32 Å². The molecule has 1 saturated heterocycles. The first-order valence-corrected chi connectivity index (χ1v) is 12.7. The molecular formula is C21H27N5O2S2. The predicted octanol–water partition coefficient (Wildman–Crippen LogP) is 3.26. The molecule has 2 aromatic heterocycles. The van der Waals surface area contributed by atoms with Crippen LogP contribution in [0, 0.1) is 0 Å². The van der Waals surface area contributed by atoms with Crippen LogP contribution in [0.15, 0.2) is 35.7 Å². The van der Waals surface area contributed by atoms with Crippen molar-refractivity contribution in [1.29, 1.82) is 0 Å². The second kappa shape index (κ2) is 8.58. The van der Waals surface area contributed by atoms with Crippen molar-refractivity contribution < 1.29 is 8.42 Å². The molecule has 3 heterocycles. The van der Waals surface area contributed by atoms with Crippen molar-refractivity contribution in [1.82, 2.24) is 19.2 Å². The second-order valence-corrected chi connectivity index (χ2v) is 10.9. The molecule has 1 fully saturated rings. The van der Waals surface area contributed by atoms with Gasteiger partial charge in [0.1, 0.15) is 16.5 Å². The summed E-state index contributed by atoms with van der Waals surface area (Å²) in [6, 6.07) is 10.2. The number of benzene rings is 1. The molecule has 9 heteroatoms. The summed E-state index contributed by atoms with van der Waals surface area (Å²) >= 11 is 1.62. The molecule has 0 saturated carbocycles. The van der Waals surface area contributed by atoms with E-state index in [1.807, 2.05) is 37.2 Å². The molecule has 160 valence electrons. The molecule has 0 aliphatic carbocycles. The van der Waals surface area contributed by atoms with E-state index in [2.05, 4.69) is 22.8 Å². The van der Waals surface area contributed by atoms with Crippen LogP contribution in [-0.4, -0.2) is 67.1 Å². The number of piperidine rings is 1. The maximum atomic E-state index is 12.0. The van der Waals surface area contributed by atoms with Gasteiger partial charge in [-0.3, -0.25) is 0 Å². The molecule has 1 aromatic carbocycles. The van der Waals surface area contributed by atoms with Gasteiger partial charge < -0.3 is 10.2 Å². The monoisotopic (exact) mass is 445 g/mol. The van der Waals surface area contributed by atoms with Crippen LogP contribution in [-0.2, 0) is 16.6 Å². The van der Waals surface area contributed by atoms with E-state index < -0.39 is 10.0 Å². The standard InChI is InChI=1S/C21H27N5O2S2/c1-25(2)13-18-23-20(22-16-10-7-11-26(12-16)30(3,27)28)19-17(14-29-21(19)24-18)15-8-5-4-6-9-15/h4-6,8-9,14,16H,7,10-13H2,1-3H3,(H,22,23,24). The number of rotatable bonds is 6. The van der Waals surface area contributed by atoms with E-state index in [0.29, 0.717) is 19.6 Å². The Morgan fingerprint density at radius 3 is 2.70 bits per heavy atom. The molecule has 0 spiro atoms. The van der Waals surface area contributed by atoms with E-state index in [4.69, 9.17) is 9.97 Å². The van der Waals surface area contributed by atoms with Crippen LogP contribution in [0.2, 0.25) is 0 Å². The van der Waals surface area contributed by atoms with E-state index in [0.717, 1.165) is 45.8 Å². The van der Waals surface area contributed by atoms with Gasteiger partial charge in [0.25, 0.3) is 0 Å². The molecule has 1 aliphatic rings. The molecule has 1 unspecified atom stereocenters. The third kappa shape index (κ3) is 4.64. The van der Waals surface area contributed by atoms with Crippen molar-refractivity contribution in [3.05, 3.63) is 41.5 Å². The Bertz CT molecular complexity index is 1130. The van der Waals surface area contributed by atoms with Crippen molar-refractivity contribution in [3.63, 3.8) is 0 Å². The van der Waals surface area contributed by atoms with Crippen molar-refractivity contribution >= 4 is 37.4 Å². The number of nitrogens with zero attached hydrogens (tertiary/aromatic N) is 4. The minimum absolute atomic E-state index is 0.0160. The molecule has 1 aliphatic heterocycles. The quantitative estimate of drug-likeness (QED) is 0.628. The number of sulfonamides is 1. The summed E-state index contributed by atoms with van der Waals surface area (Å²) in [6.07, 6.45) is 3.02. The van der Waals surface area contributed by atoms with Gasteiger partial charge in [-0.2, -0.15) is 0 Å². The lowest BCUT2D eigenvalue weighted by atomic mass is 10.0. The maximum Gasteiger partial charge on any atom is 0.211 e. The summed E-state index contributed by atoms with van der Waals surface area (Å²) in [4.78, 5) is 12.6. The fourth-order valence-electron chi connectivity index (χ4n) is 3.83. The summed E-state index contributed by atoms with van der Waals surface area (Å²) < 4.78 is 25.6. The fourth-order valence-corrected chi connectivity index (χ4v) is 5.71. The Hall–Kier alpha value is -2.07. The highest BCUT2D eigenvalue weighted by Gasteiger charge is 2.27. The molecule has 7 nitrogen and oxygen atoms in total. The first kappa shape index (κ1) is 21.2. The van der Waals surface area contributed by atoms with Crippen molar-refractivity contribution in [2.24, 2.45) is 0 Å². The Balaban J connectivity index is 1.75. The largest absolute Gasteiger partial charge is 0.365 e. The van der Waals surface area contributed by atoms with Gasteiger partial charge in [0.05, 0.1) is 18.2 Å². The summed E-state index contributed by atoms with van der Waals surface area (Å²) in [5.41, 5.74) is 2.22. The van der Waals surface area contributed by atoms with Crippen molar-refractivity contribution in [2.45, 2.75) is 25.4 Å². The van der Waals surface area contributed by atoms with E-state index >= 15 is 0 Å². The fraction of sp³-hybridized carbons (Fsp3) is 0.429. The van der Waals surface area contributed by atoms with Gasteiger partial charge in [-0.05, 0) is 32.5 Å². The van der Waals surface area contributed by atoms with Crippen LogP contribution >= 0.6 is 11.3 Å². The molecule has 3 aromatic rings. The molecular weight excluding hydrogens is 418 g/mol. The number of fused-ring (bicyclic) bond motifs is 1. The minimum Gasteiger partial charge on any atom is -0.365 e. The number of nitrogens with one attached hydrogen (secondary N) is 1. The molecule has 0 bridgehead atoms. The van der Waals surface area contributed by atoms with Gasteiger partial charge in [-0.25, -0.2) is 22.7 Å².